The van der Waals surface area contributed by atoms with Crippen molar-refractivity contribution in [3.8, 4) is 0 Å². The molecule has 0 N–H and O–H groups in total. The van der Waals surface area contributed by atoms with E-state index in [4.69, 9.17) is 4.74 Å². The summed E-state index contributed by atoms with van der Waals surface area (Å²) >= 11 is 1.40. The molecule has 1 aromatic heterocycles. The van der Waals surface area contributed by atoms with E-state index in [-0.39, 0.29) is 5.78 Å². The van der Waals surface area contributed by atoms with Gasteiger partial charge in [0.15, 0.2) is 0 Å². The molecular weight excluding hydrogens is 174 g/mol. The molecule has 1 heterocycles. The van der Waals surface area contributed by atoms with Crippen molar-refractivity contribution in [3.63, 3.8) is 0 Å². The Morgan fingerprint density at radius 3 is 3.25 bits per heavy atom. The minimum Gasteiger partial charge on any atom is -0.501 e. The van der Waals surface area contributed by atoms with Gasteiger partial charge < -0.3 is 4.74 Å². The van der Waals surface area contributed by atoms with Crippen LogP contribution in [0.15, 0.2) is 23.2 Å². The predicted octanol–water partition coefficient (Wildman–Crippen LogP) is 1.88. The van der Waals surface area contributed by atoms with Crippen LogP contribution in [0.5, 0.6) is 0 Å². The largest absolute Gasteiger partial charge is 0.501 e. The first-order valence-corrected chi connectivity index (χ1v) is 4.49. The highest BCUT2D eigenvalue weighted by Crippen LogP contribution is 2.02. The van der Waals surface area contributed by atoms with E-state index in [0.717, 1.165) is 0 Å². The molecule has 1 rings (SSSR count). The highest BCUT2D eigenvalue weighted by atomic mass is 32.1. The van der Waals surface area contributed by atoms with Crippen molar-refractivity contribution >= 4 is 17.1 Å². The topological polar surface area (TPSA) is 39.2 Å². The van der Waals surface area contributed by atoms with Crippen LogP contribution in [0, 0.1) is 0 Å². The number of ketones is 1. The number of carbonyl (C=O) groups is 1. The summed E-state index contributed by atoms with van der Waals surface area (Å²) < 4.78 is 4.88. The molecule has 0 atom stereocenters. The molecule has 0 saturated carbocycles. The van der Waals surface area contributed by atoms with Gasteiger partial charge in [-0.3, -0.25) is 4.79 Å². The Hall–Kier alpha value is -1.16. The highest BCUT2D eigenvalue weighted by molar-refractivity contribution is 7.07. The van der Waals surface area contributed by atoms with Crippen molar-refractivity contribution in [2.75, 3.05) is 6.61 Å². The van der Waals surface area contributed by atoms with Crippen LogP contribution in [-0.4, -0.2) is 17.4 Å². The lowest BCUT2D eigenvalue weighted by molar-refractivity contribution is 0.103. The maximum Gasteiger partial charge on any atom is 0.208 e. The summed E-state index contributed by atoms with van der Waals surface area (Å²) in [5, 5.41) is 1.71. The van der Waals surface area contributed by atoms with E-state index < -0.39 is 0 Å². The van der Waals surface area contributed by atoms with Crippen molar-refractivity contribution in [1.82, 2.24) is 4.98 Å². The van der Waals surface area contributed by atoms with Gasteiger partial charge in [-0.05, 0) is 6.92 Å². The van der Waals surface area contributed by atoms with Crippen LogP contribution < -0.4 is 0 Å². The molecule has 0 unspecified atom stereocenters. The van der Waals surface area contributed by atoms with E-state index in [9.17, 15) is 4.79 Å². The van der Waals surface area contributed by atoms with Crippen LogP contribution >= 0.6 is 11.3 Å². The molecule has 0 aromatic carbocycles. The lowest BCUT2D eigenvalue weighted by Crippen LogP contribution is -1.94. The van der Waals surface area contributed by atoms with Gasteiger partial charge in [-0.2, -0.15) is 0 Å². The molecule has 0 spiro atoms. The number of hydrogen-bond donors (Lipinski definition) is 0. The average Bonchev–Trinajstić information content (AvgIpc) is 2.56. The number of hydrogen-bond acceptors (Lipinski definition) is 4. The number of aromatic nitrogens is 1. The molecule has 0 aliphatic heterocycles. The monoisotopic (exact) mass is 183 g/mol. The third kappa shape index (κ3) is 2.47. The number of rotatable bonds is 4. The van der Waals surface area contributed by atoms with Gasteiger partial charge in [-0.15, -0.1) is 11.3 Å². The van der Waals surface area contributed by atoms with Crippen molar-refractivity contribution in [2.45, 2.75) is 6.92 Å². The third-order valence-corrected chi connectivity index (χ3v) is 1.75. The minimum absolute atomic E-state index is 0.121. The summed E-state index contributed by atoms with van der Waals surface area (Å²) in [4.78, 5) is 15.0. The van der Waals surface area contributed by atoms with E-state index >= 15 is 0 Å². The van der Waals surface area contributed by atoms with Gasteiger partial charge in [0.2, 0.25) is 5.78 Å². The van der Waals surface area contributed by atoms with Gasteiger partial charge in [0.05, 0.1) is 18.4 Å². The SMILES string of the molecule is CCO/C=C/C(=O)c1cscn1. The van der Waals surface area contributed by atoms with Gasteiger partial charge in [-0.1, -0.05) is 0 Å². The number of thiazole rings is 1. The van der Waals surface area contributed by atoms with Crippen LogP contribution in [0.3, 0.4) is 0 Å². The Kier molecular flexibility index (Phi) is 3.47. The number of ether oxygens (including phenoxy) is 1. The van der Waals surface area contributed by atoms with Crippen molar-refractivity contribution in [1.29, 1.82) is 0 Å². The molecule has 0 aliphatic carbocycles. The Morgan fingerprint density at radius 1 is 1.83 bits per heavy atom. The molecule has 0 amide bonds. The molecule has 0 fully saturated rings. The van der Waals surface area contributed by atoms with E-state index in [1.54, 1.807) is 10.9 Å². The summed E-state index contributed by atoms with van der Waals surface area (Å²) in [7, 11) is 0. The van der Waals surface area contributed by atoms with Gasteiger partial charge >= 0.3 is 0 Å². The number of nitrogens with zero attached hydrogens (tertiary/aromatic N) is 1. The second-order valence-electron chi connectivity index (χ2n) is 2.00. The first kappa shape index (κ1) is 8.93. The summed E-state index contributed by atoms with van der Waals surface area (Å²) in [6, 6.07) is 0. The highest BCUT2D eigenvalue weighted by Gasteiger charge is 2.01. The van der Waals surface area contributed by atoms with Crippen molar-refractivity contribution in [2.24, 2.45) is 0 Å². The Morgan fingerprint density at radius 2 is 2.67 bits per heavy atom. The Balaban J connectivity index is 2.50. The van der Waals surface area contributed by atoms with Gasteiger partial charge in [0.1, 0.15) is 5.69 Å². The van der Waals surface area contributed by atoms with Crippen LogP contribution in [-0.2, 0) is 4.74 Å². The minimum atomic E-state index is -0.121. The van der Waals surface area contributed by atoms with E-state index in [2.05, 4.69) is 4.98 Å². The fourth-order valence-electron chi connectivity index (χ4n) is 0.626. The van der Waals surface area contributed by atoms with E-state index in [0.29, 0.717) is 12.3 Å². The molecule has 0 radical (unpaired) electrons. The fourth-order valence-corrected chi connectivity index (χ4v) is 1.17. The molecule has 1 aromatic rings. The lowest BCUT2D eigenvalue weighted by Gasteiger charge is -1.90. The standard InChI is InChI=1S/C8H9NO2S/c1-2-11-4-3-8(10)7-5-12-6-9-7/h3-6H,2H2,1H3/b4-3+. The quantitative estimate of drug-likeness (QED) is 0.406. The molecule has 64 valence electrons. The first-order chi connectivity index (χ1) is 5.84. The maximum absolute atomic E-state index is 11.2. The molecule has 4 heteroatoms. The summed E-state index contributed by atoms with van der Waals surface area (Å²) in [6.45, 7) is 2.43. The van der Waals surface area contributed by atoms with Crippen LogP contribution in [0.1, 0.15) is 17.4 Å². The summed E-state index contributed by atoms with van der Waals surface area (Å²) in [6.07, 6.45) is 2.76. The average molecular weight is 183 g/mol. The van der Waals surface area contributed by atoms with Gasteiger partial charge in [0.25, 0.3) is 0 Å². The van der Waals surface area contributed by atoms with Crippen molar-refractivity contribution < 1.29 is 9.53 Å². The zero-order valence-electron chi connectivity index (χ0n) is 6.69. The van der Waals surface area contributed by atoms with Crippen molar-refractivity contribution in [3.05, 3.63) is 28.9 Å². The molecule has 0 saturated heterocycles. The fraction of sp³-hybridized carbons (Fsp3) is 0.250. The normalized spacial score (nSPS) is 10.4. The van der Waals surface area contributed by atoms with Crippen LogP contribution in [0.25, 0.3) is 0 Å². The molecule has 3 nitrogen and oxygen atoms in total. The summed E-state index contributed by atoms with van der Waals surface area (Å²) in [5.41, 5.74) is 2.10. The van der Waals surface area contributed by atoms with Gasteiger partial charge in [0, 0.05) is 11.5 Å². The van der Waals surface area contributed by atoms with Crippen LogP contribution in [0.4, 0.5) is 0 Å². The third-order valence-electron chi connectivity index (χ3n) is 1.17. The molecule has 0 aliphatic rings. The molecular formula is C8H9NO2S. The smallest absolute Gasteiger partial charge is 0.208 e. The van der Waals surface area contributed by atoms with Gasteiger partial charge in [-0.25, -0.2) is 4.98 Å². The number of carbonyl (C=O) groups excluding carboxylic acids is 1. The number of allylic oxidation sites excluding steroid dienone is 1. The Labute approximate surface area is 74.7 Å². The molecule has 0 bridgehead atoms. The zero-order chi connectivity index (χ0) is 8.81. The second-order valence-corrected chi connectivity index (χ2v) is 2.71. The summed E-state index contributed by atoms with van der Waals surface area (Å²) in [5.74, 6) is -0.121. The first-order valence-electron chi connectivity index (χ1n) is 3.55. The van der Waals surface area contributed by atoms with E-state index in [1.165, 1.54) is 23.7 Å². The second kappa shape index (κ2) is 4.66. The predicted molar refractivity (Wildman–Crippen MR) is 47.2 cm³/mol. The maximum atomic E-state index is 11.2. The zero-order valence-corrected chi connectivity index (χ0v) is 7.50. The van der Waals surface area contributed by atoms with Crippen LogP contribution in [0.2, 0.25) is 0 Å². The molecule has 12 heavy (non-hydrogen) atoms. The lowest BCUT2D eigenvalue weighted by atomic mass is 10.3. The van der Waals surface area contributed by atoms with E-state index in [1.807, 2.05) is 6.92 Å². The Bertz CT molecular complexity index is 267.